The quantitative estimate of drug-likeness (QED) is 0.274. The first-order chi connectivity index (χ1) is 11.7. The van der Waals surface area contributed by atoms with Crippen molar-refractivity contribution in [3.63, 3.8) is 0 Å². The molecule has 1 rings (SSSR count). The lowest BCUT2D eigenvalue weighted by Gasteiger charge is -2.14. The molecule has 24 heavy (non-hydrogen) atoms. The molecule has 0 amide bonds. The predicted molar refractivity (Wildman–Crippen MR) is 103 cm³/mol. The van der Waals surface area contributed by atoms with E-state index >= 15 is 0 Å². The first-order valence-electron chi connectivity index (χ1n) is 7.85. The van der Waals surface area contributed by atoms with Gasteiger partial charge in [0.05, 0.1) is 33.0 Å². The molecule has 0 fully saturated rings. The maximum Gasteiger partial charge on any atom is 0.150 e. The molecule has 132 valence electrons. The van der Waals surface area contributed by atoms with Gasteiger partial charge in [-0.15, -0.1) is 0 Å². The summed E-state index contributed by atoms with van der Waals surface area (Å²) in [4.78, 5) is 11.0. The molecule has 2 N–H and O–H groups in total. The van der Waals surface area contributed by atoms with Crippen LogP contribution in [-0.2, 0) is 9.47 Å². The Bertz CT molecular complexity index is 535. The summed E-state index contributed by atoms with van der Waals surface area (Å²) >= 11 is 4.06. The first-order valence-corrected chi connectivity index (χ1v) is 8.48. The minimum absolute atomic E-state index is 0.550. The Labute approximate surface area is 149 Å². The van der Waals surface area contributed by atoms with Gasteiger partial charge in [-0.1, -0.05) is 31.4 Å². The number of benzene rings is 1. The van der Waals surface area contributed by atoms with Crippen molar-refractivity contribution in [3.8, 4) is 0 Å². The van der Waals surface area contributed by atoms with Crippen molar-refractivity contribution >= 4 is 30.7 Å². The lowest BCUT2D eigenvalue weighted by molar-refractivity contribution is 0.0556. The van der Waals surface area contributed by atoms with Gasteiger partial charge in [-0.25, -0.2) is 0 Å². The first kappa shape index (κ1) is 20.3. The molecular weight excluding hydrogens is 324 g/mol. The number of thiol groups is 1. The normalized spacial score (nSPS) is 10.2. The van der Waals surface area contributed by atoms with E-state index in [1.807, 2.05) is 12.1 Å². The van der Waals surface area contributed by atoms with Gasteiger partial charge in [0.15, 0.2) is 6.29 Å². The van der Waals surface area contributed by atoms with Crippen LogP contribution in [0.5, 0.6) is 0 Å². The third kappa shape index (κ3) is 7.68. The van der Waals surface area contributed by atoms with Gasteiger partial charge in [0.2, 0.25) is 0 Å². The molecule has 5 nitrogen and oxygen atoms in total. The highest BCUT2D eigenvalue weighted by molar-refractivity contribution is 7.80. The highest BCUT2D eigenvalue weighted by atomic mass is 32.1. The fourth-order valence-electron chi connectivity index (χ4n) is 2.02. The number of aldehydes is 1. The third-order valence-corrected chi connectivity index (χ3v) is 3.37. The highest BCUT2D eigenvalue weighted by Gasteiger charge is 2.04. The number of hydrogen-bond donors (Lipinski definition) is 3. The Morgan fingerprint density at radius 3 is 2.62 bits per heavy atom. The largest absolute Gasteiger partial charge is 0.385 e. The van der Waals surface area contributed by atoms with E-state index in [9.17, 15) is 4.79 Å². The summed E-state index contributed by atoms with van der Waals surface area (Å²) in [5.74, 6) is 0.720. The number of carbonyl (C=O) groups is 1. The van der Waals surface area contributed by atoms with E-state index in [2.05, 4.69) is 36.4 Å². The van der Waals surface area contributed by atoms with Gasteiger partial charge in [0, 0.05) is 34.8 Å². The van der Waals surface area contributed by atoms with Gasteiger partial charge >= 0.3 is 0 Å². The second-order valence-corrected chi connectivity index (χ2v) is 5.41. The smallest absolute Gasteiger partial charge is 0.150 e. The molecule has 1 aromatic rings. The van der Waals surface area contributed by atoms with Crippen LogP contribution >= 0.6 is 12.6 Å². The number of carbonyl (C=O) groups excluding carboxylic acids is 1. The van der Waals surface area contributed by atoms with Crippen molar-refractivity contribution in [1.29, 1.82) is 0 Å². The maximum absolute atomic E-state index is 11.0. The van der Waals surface area contributed by atoms with Crippen LogP contribution in [0.4, 0.5) is 5.69 Å². The number of anilines is 1. The predicted octanol–water partition coefficient (Wildman–Crippen LogP) is 2.62. The Morgan fingerprint density at radius 2 is 1.96 bits per heavy atom. The van der Waals surface area contributed by atoms with Crippen molar-refractivity contribution in [3.05, 3.63) is 48.2 Å². The Morgan fingerprint density at radius 1 is 1.21 bits per heavy atom. The van der Waals surface area contributed by atoms with E-state index < -0.39 is 0 Å². The molecule has 0 saturated heterocycles. The van der Waals surface area contributed by atoms with Crippen LogP contribution in [0.1, 0.15) is 15.9 Å². The summed E-state index contributed by atoms with van der Waals surface area (Å²) in [6.45, 7) is 11.3. The van der Waals surface area contributed by atoms with Crippen molar-refractivity contribution in [2.45, 2.75) is 0 Å². The zero-order valence-electron chi connectivity index (χ0n) is 13.9. The lowest BCUT2D eigenvalue weighted by Crippen LogP contribution is -2.24. The monoisotopic (exact) mass is 350 g/mol. The second-order valence-electron chi connectivity index (χ2n) is 4.96. The van der Waals surface area contributed by atoms with E-state index in [0.717, 1.165) is 29.0 Å². The molecule has 1 aromatic carbocycles. The highest BCUT2D eigenvalue weighted by Crippen LogP contribution is 2.20. The molecule has 0 spiro atoms. The summed E-state index contributed by atoms with van der Waals surface area (Å²) < 4.78 is 10.7. The number of nitrogens with one attached hydrogen (secondary N) is 2. The van der Waals surface area contributed by atoms with Crippen LogP contribution in [0, 0.1) is 0 Å². The zero-order chi connectivity index (χ0) is 17.6. The molecule has 0 aliphatic heterocycles. The van der Waals surface area contributed by atoms with Crippen molar-refractivity contribution in [1.82, 2.24) is 5.32 Å². The molecule has 0 radical (unpaired) electrons. The molecule has 0 aromatic heterocycles. The van der Waals surface area contributed by atoms with Crippen molar-refractivity contribution in [2.24, 2.45) is 0 Å². The van der Waals surface area contributed by atoms with Gasteiger partial charge in [-0.2, -0.15) is 12.6 Å². The Kier molecular flexibility index (Phi) is 10.7. The summed E-state index contributed by atoms with van der Waals surface area (Å²) in [6, 6.07) is 5.50. The van der Waals surface area contributed by atoms with Crippen LogP contribution in [0.3, 0.4) is 0 Å². The number of ether oxygens (including phenoxy) is 2. The number of hydrogen-bond acceptors (Lipinski definition) is 6. The van der Waals surface area contributed by atoms with Gasteiger partial charge < -0.3 is 20.1 Å². The number of rotatable bonds is 14. The van der Waals surface area contributed by atoms with Crippen LogP contribution in [-0.4, -0.2) is 51.6 Å². The minimum Gasteiger partial charge on any atom is -0.385 e. The van der Waals surface area contributed by atoms with Gasteiger partial charge in [0.25, 0.3) is 0 Å². The minimum atomic E-state index is 0.550. The van der Waals surface area contributed by atoms with Crippen molar-refractivity contribution < 1.29 is 14.3 Å². The van der Waals surface area contributed by atoms with Gasteiger partial charge in [-0.05, 0) is 6.07 Å². The fourth-order valence-corrected chi connectivity index (χ4v) is 2.15. The summed E-state index contributed by atoms with van der Waals surface area (Å²) in [6.07, 6.45) is 2.50. The van der Waals surface area contributed by atoms with E-state index in [1.165, 1.54) is 0 Å². The molecule has 0 heterocycles. The summed E-state index contributed by atoms with van der Waals surface area (Å²) in [7, 11) is 0. The van der Waals surface area contributed by atoms with E-state index in [-0.39, 0.29) is 0 Å². The molecule has 0 unspecified atom stereocenters. The molecular formula is C18H26N2O3S. The second kappa shape index (κ2) is 12.6. The molecule has 0 atom stereocenters. The Hall–Kier alpha value is -1.76. The fraction of sp³-hybridized carbons (Fsp3) is 0.389. The topological polar surface area (TPSA) is 59.6 Å². The van der Waals surface area contributed by atoms with Gasteiger partial charge in [0.1, 0.15) is 0 Å². The van der Waals surface area contributed by atoms with Crippen LogP contribution in [0.15, 0.2) is 37.1 Å². The Balaban J connectivity index is 2.23. The van der Waals surface area contributed by atoms with E-state index in [0.29, 0.717) is 45.1 Å². The molecule has 0 aliphatic carbocycles. The average molecular weight is 350 g/mol. The lowest BCUT2D eigenvalue weighted by atomic mass is 10.1. The van der Waals surface area contributed by atoms with E-state index in [1.54, 1.807) is 12.1 Å². The standard InChI is InChI=1S/C18H26N2O3S/c1-3-17-16(14-21)5-4-6-18(17)20-13-15(2)19-7-8-22-9-10-23-11-12-24/h3-6,14,19-20,24H,1-2,7-13H2. The average Bonchev–Trinajstić information content (AvgIpc) is 2.61. The SMILES string of the molecule is C=Cc1c(C=O)cccc1NCC(=C)NCCOCCOCCS. The summed E-state index contributed by atoms with van der Waals surface area (Å²) in [5, 5.41) is 6.44. The molecule has 0 saturated carbocycles. The zero-order valence-corrected chi connectivity index (χ0v) is 14.8. The molecule has 0 bridgehead atoms. The van der Waals surface area contributed by atoms with Crippen molar-refractivity contribution in [2.75, 3.05) is 50.6 Å². The van der Waals surface area contributed by atoms with Crippen LogP contribution < -0.4 is 10.6 Å². The third-order valence-electron chi connectivity index (χ3n) is 3.19. The maximum atomic E-state index is 11.0. The van der Waals surface area contributed by atoms with Crippen LogP contribution in [0.25, 0.3) is 6.08 Å². The molecule has 6 heteroatoms. The van der Waals surface area contributed by atoms with Crippen LogP contribution in [0.2, 0.25) is 0 Å². The summed E-state index contributed by atoms with van der Waals surface area (Å²) in [5.41, 5.74) is 3.11. The van der Waals surface area contributed by atoms with E-state index in [4.69, 9.17) is 9.47 Å². The molecule has 0 aliphatic rings. The van der Waals surface area contributed by atoms with Gasteiger partial charge in [-0.3, -0.25) is 4.79 Å².